The van der Waals surface area contributed by atoms with Crippen molar-refractivity contribution in [1.29, 1.82) is 0 Å². The van der Waals surface area contributed by atoms with E-state index < -0.39 is 5.97 Å². The fourth-order valence-corrected chi connectivity index (χ4v) is 3.44. The predicted octanol–water partition coefficient (Wildman–Crippen LogP) is 3.84. The Morgan fingerprint density at radius 1 is 1.23 bits per heavy atom. The molecular formula is C19H18N2O4S. The summed E-state index contributed by atoms with van der Waals surface area (Å²) in [7, 11) is 4.77. The van der Waals surface area contributed by atoms with Gasteiger partial charge in [0.15, 0.2) is 0 Å². The number of benzene rings is 1. The average molecular weight is 370 g/mol. The number of aromatic nitrogens is 1. The number of thioether (sulfide) groups is 1. The van der Waals surface area contributed by atoms with Gasteiger partial charge in [-0.25, -0.2) is 9.79 Å². The van der Waals surface area contributed by atoms with Crippen molar-refractivity contribution >= 4 is 34.5 Å². The Labute approximate surface area is 155 Å². The van der Waals surface area contributed by atoms with Crippen molar-refractivity contribution in [2.75, 3.05) is 14.2 Å². The zero-order chi connectivity index (χ0) is 18.7. The molecule has 0 atom stereocenters. The van der Waals surface area contributed by atoms with Crippen LogP contribution < -0.4 is 4.74 Å². The summed E-state index contributed by atoms with van der Waals surface area (Å²) in [5, 5.41) is 10.9. The van der Waals surface area contributed by atoms with Crippen LogP contribution in [0.3, 0.4) is 0 Å². The summed E-state index contributed by atoms with van der Waals surface area (Å²) >= 11 is 1.22. The lowest BCUT2D eigenvalue weighted by Gasteiger charge is -2.03. The van der Waals surface area contributed by atoms with Crippen LogP contribution in [0.5, 0.6) is 5.75 Å². The number of ether oxygens (including phenoxy) is 2. The number of aliphatic hydroxyl groups is 1. The van der Waals surface area contributed by atoms with E-state index in [1.807, 2.05) is 29.9 Å². The van der Waals surface area contributed by atoms with E-state index in [1.54, 1.807) is 37.5 Å². The molecule has 134 valence electrons. The van der Waals surface area contributed by atoms with Crippen molar-refractivity contribution in [2.24, 2.45) is 12.0 Å². The van der Waals surface area contributed by atoms with Gasteiger partial charge in [0.1, 0.15) is 22.1 Å². The lowest BCUT2D eigenvalue weighted by Crippen LogP contribution is -2.10. The van der Waals surface area contributed by atoms with Gasteiger partial charge in [-0.3, -0.25) is 0 Å². The first-order chi connectivity index (χ1) is 12.5. The molecule has 0 bridgehead atoms. The summed E-state index contributed by atoms with van der Waals surface area (Å²) in [6.45, 7) is 0. The molecule has 1 aliphatic heterocycles. The Morgan fingerprint density at radius 3 is 2.54 bits per heavy atom. The molecule has 1 aromatic heterocycles. The molecule has 0 spiro atoms. The van der Waals surface area contributed by atoms with Crippen LogP contribution in [0.1, 0.15) is 5.69 Å². The van der Waals surface area contributed by atoms with Crippen LogP contribution in [-0.4, -0.2) is 34.9 Å². The van der Waals surface area contributed by atoms with Gasteiger partial charge in [0.25, 0.3) is 0 Å². The third kappa shape index (κ3) is 3.52. The minimum absolute atomic E-state index is 0.0637. The van der Waals surface area contributed by atoms with Gasteiger partial charge in [-0.1, -0.05) is 11.8 Å². The van der Waals surface area contributed by atoms with E-state index in [4.69, 9.17) is 9.47 Å². The van der Waals surface area contributed by atoms with Crippen molar-refractivity contribution in [3.05, 3.63) is 64.5 Å². The van der Waals surface area contributed by atoms with Crippen molar-refractivity contribution in [3.8, 4) is 5.75 Å². The topological polar surface area (TPSA) is 73.0 Å². The van der Waals surface area contributed by atoms with Gasteiger partial charge in [0.05, 0.1) is 24.8 Å². The van der Waals surface area contributed by atoms with E-state index in [2.05, 4.69) is 4.99 Å². The highest BCUT2D eigenvalue weighted by molar-refractivity contribution is 8.18. The molecule has 6 nitrogen and oxygen atoms in total. The number of methoxy groups -OCH3 is 2. The Morgan fingerprint density at radius 2 is 1.96 bits per heavy atom. The number of esters is 1. The Bertz CT molecular complexity index is 923. The molecule has 0 aliphatic carbocycles. The summed E-state index contributed by atoms with van der Waals surface area (Å²) in [4.78, 5) is 17.2. The molecule has 26 heavy (non-hydrogen) atoms. The molecule has 1 aromatic carbocycles. The highest BCUT2D eigenvalue weighted by Gasteiger charge is 2.33. The third-order valence-electron chi connectivity index (χ3n) is 3.85. The molecule has 2 aromatic rings. The van der Waals surface area contributed by atoms with E-state index in [1.165, 1.54) is 18.9 Å². The minimum Gasteiger partial charge on any atom is -0.506 e. The standard InChI is InChI=1S/C19H18N2O4S/c1-21-10-4-5-13(21)11-15-17(22)16(19(23)25-3)18(26-15)20-12-6-8-14(24-2)9-7-12/h4-11,22H,1-3H3/b15-11+,20-18?. The lowest BCUT2D eigenvalue weighted by atomic mass is 10.2. The number of nitrogens with zero attached hydrogens (tertiary/aromatic N) is 2. The Hall–Kier alpha value is -2.93. The number of aryl methyl sites for hydroxylation is 1. The van der Waals surface area contributed by atoms with Crippen molar-refractivity contribution in [2.45, 2.75) is 0 Å². The van der Waals surface area contributed by atoms with Gasteiger partial charge >= 0.3 is 5.97 Å². The fourth-order valence-electron chi connectivity index (χ4n) is 2.42. The van der Waals surface area contributed by atoms with Crippen molar-refractivity contribution in [3.63, 3.8) is 0 Å². The number of hydrogen-bond acceptors (Lipinski definition) is 6. The number of aliphatic imine (C=N–C) groups is 1. The second-order valence-electron chi connectivity index (χ2n) is 5.48. The van der Waals surface area contributed by atoms with Gasteiger partial charge in [0, 0.05) is 18.9 Å². The Balaban J connectivity index is 2.02. The molecule has 1 N–H and O–H groups in total. The molecule has 2 heterocycles. The molecule has 7 heteroatoms. The normalized spacial score (nSPS) is 17.2. The number of hydrogen-bond donors (Lipinski definition) is 1. The first-order valence-electron chi connectivity index (χ1n) is 7.79. The molecule has 0 fully saturated rings. The molecule has 0 saturated carbocycles. The second kappa shape index (κ2) is 7.53. The molecule has 0 radical (unpaired) electrons. The van der Waals surface area contributed by atoms with E-state index in [9.17, 15) is 9.90 Å². The number of aliphatic hydroxyl groups excluding tert-OH is 1. The first-order valence-corrected chi connectivity index (χ1v) is 8.61. The maximum Gasteiger partial charge on any atom is 0.344 e. The smallest absolute Gasteiger partial charge is 0.344 e. The van der Waals surface area contributed by atoms with Crippen LogP contribution in [0.4, 0.5) is 5.69 Å². The highest BCUT2D eigenvalue weighted by Crippen LogP contribution is 2.40. The van der Waals surface area contributed by atoms with Crippen LogP contribution in [0, 0.1) is 0 Å². The first kappa shape index (κ1) is 17.9. The Kier molecular flexibility index (Phi) is 5.18. The van der Waals surface area contributed by atoms with Gasteiger partial charge in [-0.15, -0.1) is 0 Å². The number of carbonyl (C=O) groups is 1. The van der Waals surface area contributed by atoms with Gasteiger partial charge in [-0.05, 0) is 42.5 Å². The largest absolute Gasteiger partial charge is 0.506 e. The zero-order valence-corrected chi connectivity index (χ0v) is 15.4. The van der Waals surface area contributed by atoms with Crippen LogP contribution >= 0.6 is 11.8 Å². The molecular weight excluding hydrogens is 352 g/mol. The van der Waals surface area contributed by atoms with Gasteiger partial charge < -0.3 is 19.1 Å². The van der Waals surface area contributed by atoms with Crippen LogP contribution in [0.15, 0.2) is 63.8 Å². The highest BCUT2D eigenvalue weighted by atomic mass is 32.2. The quantitative estimate of drug-likeness (QED) is 0.828. The number of carbonyl (C=O) groups excluding carboxylic acids is 1. The van der Waals surface area contributed by atoms with Crippen molar-refractivity contribution < 1.29 is 19.4 Å². The summed E-state index contributed by atoms with van der Waals surface area (Å²) in [6.07, 6.45) is 3.71. The summed E-state index contributed by atoms with van der Waals surface area (Å²) < 4.78 is 11.9. The minimum atomic E-state index is -0.627. The fraction of sp³-hybridized carbons (Fsp3) is 0.158. The maximum atomic E-state index is 12.2. The third-order valence-corrected chi connectivity index (χ3v) is 4.87. The van der Waals surface area contributed by atoms with E-state index in [0.29, 0.717) is 21.4 Å². The van der Waals surface area contributed by atoms with Crippen LogP contribution in [-0.2, 0) is 16.6 Å². The van der Waals surface area contributed by atoms with Crippen LogP contribution in [0.25, 0.3) is 6.08 Å². The number of rotatable bonds is 4. The molecule has 1 aliphatic rings. The van der Waals surface area contributed by atoms with Crippen molar-refractivity contribution in [1.82, 2.24) is 4.57 Å². The van der Waals surface area contributed by atoms with E-state index in [-0.39, 0.29) is 11.3 Å². The summed E-state index contributed by atoms with van der Waals surface area (Å²) in [5.41, 5.74) is 1.60. The molecule has 0 saturated heterocycles. The molecule has 3 rings (SSSR count). The van der Waals surface area contributed by atoms with Gasteiger partial charge in [-0.2, -0.15) is 0 Å². The van der Waals surface area contributed by atoms with Gasteiger partial charge in [0.2, 0.25) is 0 Å². The average Bonchev–Trinajstić information content (AvgIpc) is 3.19. The van der Waals surface area contributed by atoms with E-state index in [0.717, 1.165) is 5.69 Å². The predicted molar refractivity (Wildman–Crippen MR) is 103 cm³/mol. The zero-order valence-electron chi connectivity index (χ0n) is 14.6. The second-order valence-corrected chi connectivity index (χ2v) is 6.52. The summed E-state index contributed by atoms with van der Waals surface area (Å²) in [6, 6.07) is 10.9. The SMILES string of the molecule is COC(=O)C1=C(O)/C(=C\c2cccn2C)SC1=Nc1ccc(OC)cc1. The molecule has 0 amide bonds. The van der Waals surface area contributed by atoms with E-state index >= 15 is 0 Å². The van der Waals surface area contributed by atoms with Crippen LogP contribution in [0.2, 0.25) is 0 Å². The lowest BCUT2D eigenvalue weighted by molar-refractivity contribution is -0.135. The maximum absolute atomic E-state index is 12.2. The monoisotopic (exact) mass is 370 g/mol. The summed E-state index contributed by atoms with van der Waals surface area (Å²) in [5.74, 6) is -0.0447. The molecule has 0 unspecified atom stereocenters.